The predicted octanol–water partition coefficient (Wildman–Crippen LogP) is 0.825. The fraction of sp³-hybridized carbons (Fsp3) is 1.00. The van der Waals surface area contributed by atoms with Gasteiger partial charge in [0.25, 0.3) is 0 Å². The van der Waals surface area contributed by atoms with Gasteiger partial charge in [0, 0.05) is 39.9 Å². The summed E-state index contributed by atoms with van der Waals surface area (Å²) in [6.45, 7) is 9.11. The number of nitrogens with zero attached hydrogens (tertiary/aromatic N) is 1. The van der Waals surface area contributed by atoms with Crippen LogP contribution >= 0.6 is 0 Å². The lowest BCUT2D eigenvalue weighted by atomic mass is 10.2. The summed E-state index contributed by atoms with van der Waals surface area (Å²) < 4.78 is 10.3. The normalized spacial score (nSPS) is 13.7. The molecule has 0 radical (unpaired) electrons. The Bertz CT molecular complexity index is 154. The van der Waals surface area contributed by atoms with E-state index >= 15 is 0 Å². The number of hydrogen-bond acceptors (Lipinski definition) is 4. The number of methoxy groups -OCH3 is 2. The lowest BCUT2D eigenvalue weighted by Crippen LogP contribution is -2.44. The molecule has 0 bridgehead atoms. The van der Waals surface area contributed by atoms with Crippen molar-refractivity contribution in [3.05, 3.63) is 0 Å². The molecular formula is C12H28N2O2. The molecule has 0 aliphatic heterocycles. The molecule has 0 fully saturated rings. The lowest BCUT2D eigenvalue weighted by molar-refractivity contribution is 0.109. The van der Waals surface area contributed by atoms with E-state index in [0.717, 1.165) is 32.8 Å². The highest BCUT2D eigenvalue weighted by Gasteiger charge is 2.13. The average molecular weight is 232 g/mol. The van der Waals surface area contributed by atoms with Crippen LogP contribution in [0.15, 0.2) is 0 Å². The summed E-state index contributed by atoms with van der Waals surface area (Å²) in [5, 5.41) is 3.28. The van der Waals surface area contributed by atoms with E-state index in [0.29, 0.717) is 12.0 Å². The van der Waals surface area contributed by atoms with Crippen LogP contribution in [0.1, 0.15) is 13.8 Å². The molecule has 0 aromatic carbocycles. The third-order valence-electron chi connectivity index (χ3n) is 2.49. The molecule has 4 nitrogen and oxygen atoms in total. The maximum Gasteiger partial charge on any atom is 0.0628 e. The Balaban J connectivity index is 4.04. The molecule has 0 amide bonds. The van der Waals surface area contributed by atoms with Gasteiger partial charge in [0.15, 0.2) is 0 Å². The quantitative estimate of drug-likeness (QED) is 0.605. The molecule has 0 aliphatic rings. The van der Waals surface area contributed by atoms with Crippen molar-refractivity contribution in [1.29, 1.82) is 0 Å². The monoisotopic (exact) mass is 232 g/mol. The maximum absolute atomic E-state index is 5.18. The van der Waals surface area contributed by atoms with Crippen LogP contribution in [0, 0.1) is 5.92 Å². The molecule has 0 saturated carbocycles. The zero-order chi connectivity index (χ0) is 12.4. The third-order valence-corrected chi connectivity index (χ3v) is 2.49. The van der Waals surface area contributed by atoms with E-state index in [2.05, 4.69) is 24.1 Å². The first-order valence-corrected chi connectivity index (χ1v) is 6.01. The molecule has 0 aromatic rings. The van der Waals surface area contributed by atoms with Gasteiger partial charge < -0.3 is 14.8 Å². The predicted molar refractivity (Wildman–Crippen MR) is 67.9 cm³/mol. The minimum atomic E-state index is 0.389. The lowest BCUT2D eigenvalue weighted by Gasteiger charge is -2.28. The fourth-order valence-corrected chi connectivity index (χ4v) is 1.73. The molecule has 98 valence electrons. The van der Waals surface area contributed by atoms with Gasteiger partial charge >= 0.3 is 0 Å². The molecule has 1 atom stereocenters. The summed E-state index contributed by atoms with van der Waals surface area (Å²) in [7, 11) is 5.47. The van der Waals surface area contributed by atoms with E-state index in [1.54, 1.807) is 14.2 Å². The van der Waals surface area contributed by atoms with Crippen LogP contribution in [0.4, 0.5) is 0 Å². The molecule has 0 rings (SSSR count). The summed E-state index contributed by atoms with van der Waals surface area (Å²) >= 11 is 0. The number of likely N-dealkylation sites (N-methyl/N-ethyl adjacent to an activating group) is 1. The van der Waals surface area contributed by atoms with Crippen LogP contribution in [-0.4, -0.2) is 65.1 Å². The summed E-state index contributed by atoms with van der Waals surface area (Å²) in [6.07, 6.45) is 0. The van der Waals surface area contributed by atoms with Crippen molar-refractivity contribution in [2.24, 2.45) is 5.92 Å². The second kappa shape index (κ2) is 10.0. The number of ether oxygens (including phenoxy) is 2. The van der Waals surface area contributed by atoms with E-state index in [9.17, 15) is 0 Å². The van der Waals surface area contributed by atoms with Crippen LogP contribution in [0.25, 0.3) is 0 Å². The SMILES string of the molecule is CNC(COC)CN(CCOC)CC(C)C. The standard InChI is InChI=1S/C12H28N2O2/c1-11(2)8-14(6-7-15-4)9-12(13-3)10-16-5/h11-13H,6-10H2,1-5H3. The molecular weight excluding hydrogens is 204 g/mol. The minimum Gasteiger partial charge on any atom is -0.383 e. The highest BCUT2D eigenvalue weighted by molar-refractivity contribution is 4.71. The molecule has 0 spiro atoms. The van der Waals surface area contributed by atoms with Gasteiger partial charge in [-0.15, -0.1) is 0 Å². The van der Waals surface area contributed by atoms with E-state index in [-0.39, 0.29) is 0 Å². The summed E-state index contributed by atoms with van der Waals surface area (Å²) in [5.41, 5.74) is 0. The second-order valence-corrected chi connectivity index (χ2v) is 4.59. The smallest absolute Gasteiger partial charge is 0.0628 e. The van der Waals surface area contributed by atoms with Gasteiger partial charge in [-0.25, -0.2) is 0 Å². The Morgan fingerprint density at radius 2 is 1.81 bits per heavy atom. The van der Waals surface area contributed by atoms with Gasteiger partial charge in [-0.1, -0.05) is 13.8 Å². The van der Waals surface area contributed by atoms with E-state index in [1.165, 1.54) is 0 Å². The van der Waals surface area contributed by atoms with Gasteiger partial charge in [0.2, 0.25) is 0 Å². The Hall–Kier alpha value is -0.160. The van der Waals surface area contributed by atoms with Crippen LogP contribution in [0.5, 0.6) is 0 Å². The number of rotatable bonds is 10. The Kier molecular flexibility index (Phi) is 9.92. The van der Waals surface area contributed by atoms with E-state index < -0.39 is 0 Å². The molecule has 1 unspecified atom stereocenters. The summed E-state index contributed by atoms with van der Waals surface area (Å²) in [4.78, 5) is 2.42. The van der Waals surface area contributed by atoms with Crippen molar-refractivity contribution >= 4 is 0 Å². The number of hydrogen-bond donors (Lipinski definition) is 1. The molecule has 16 heavy (non-hydrogen) atoms. The summed E-state index contributed by atoms with van der Waals surface area (Å²) in [5.74, 6) is 0.678. The van der Waals surface area contributed by atoms with E-state index in [1.807, 2.05) is 7.05 Å². The molecule has 0 aromatic heterocycles. The van der Waals surface area contributed by atoms with Crippen molar-refractivity contribution in [1.82, 2.24) is 10.2 Å². The van der Waals surface area contributed by atoms with Crippen LogP contribution in [-0.2, 0) is 9.47 Å². The van der Waals surface area contributed by atoms with Crippen molar-refractivity contribution in [2.75, 3.05) is 54.1 Å². The van der Waals surface area contributed by atoms with Gasteiger partial charge in [0.05, 0.1) is 13.2 Å². The molecule has 4 heteroatoms. The topological polar surface area (TPSA) is 33.7 Å². The number of nitrogens with one attached hydrogen (secondary N) is 1. The van der Waals surface area contributed by atoms with Crippen LogP contribution in [0.2, 0.25) is 0 Å². The maximum atomic E-state index is 5.18. The first-order chi connectivity index (χ1) is 7.63. The summed E-state index contributed by atoms with van der Waals surface area (Å²) in [6, 6.07) is 0.389. The van der Waals surface area contributed by atoms with Crippen molar-refractivity contribution < 1.29 is 9.47 Å². The van der Waals surface area contributed by atoms with Gasteiger partial charge in [-0.2, -0.15) is 0 Å². The van der Waals surface area contributed by atoms with Crippen molar-refractivity contribution in [2.45, 2.75) is 19.9 Å². The molecule has 1 N–H and O–H groups in total. The van der Waals surface area contributed by atoms with Crippen molar-refractivity contribution in [3.8, 4) is 0 Å². The average Bonchev–Trinajstić information content (AvgIpc) is 2.24. The van der Waals surface area contributed by atoms with Gasteiger partial charge in [-0.3, -0.25) is 4.90 Å². The zero-order valence-corrected chi connectivity index (χ0v) is 11.5. The molecule has 0 heterocycles. The Labute approximate surface area is 100 Å². The largest absolute Gasteiger partial charge is 0.383 e. The first kappa shape index (κ1) is 15.8. The van der Waals surface area contributed by atoms with E-state index in [4.69, 9.17) is 9.47 Å². The van der Waals surface area contributed by atoms with Crippen molar-refractivity contribution in [3.63, 3.8) is 0 Å². The highest BCUT2D eigenvalue weighted by Crippen LogP contribution is 2.00. The zero-order valence-electron chi connectivity index (χ0n) is 11.5. The minimum absolute atomic E-state index is 0.389. The van der Waals surface area contributed by atoms with Gasteiger partial charge in [-0.05, 0) is 13.0 Å². The highest BCUT2D eigenvalue weighted by atomic mass is 16.5. The second-order valence-electron chi connectivity index (χ2n) is 4.59. The van der Waals surface area contributed by atoms with Crippen LogP contribution < -0.4 is 5.32 Å². The Morgan fingerprint density at radius 3 is 2.25 bits per heavy atom. The molecule has 0 saturated heterocycles. The third kappa shape index (κ3) is 8.05. The molecule has 0 aliphatic carbocycles. The Morgan fingerprint density at radius 1 is 1.12 bits per heavy atom. The fourth-order valence-electron chi connectivity index (χ4n) is 1.73. The van der Waals surface area contributed by atoms with Crippen LogP contribution in [0.3, 0.4) is 0 Å². The van der Waals surface area contributed by atoms with Gasteiger partial charge in [0.1, 0.15) is 0 Å². The first-order valence-electron chi connectivity index (χ1n) is 6.01.